The SMILES string of the molecule is CC(C)(C)OC(=O)C[C@H](CCc1ccccc1)C(=O)NC(CF)C(=O)NCc1ccc(C(=N)NC(=O)OCc2ccccc2)cc1.CC(C)(C)OC(=O)C[C@H](CCc1ccccc1)C(=O)O.CN=C(N)c1ccc(CNC(=O)C(N)CF)cc1.Cl. The lowest BCUT2D eigenvalue weighted by molar-refractivity contribution is -0.160. The summed E-state index contributed by atoms with van der Waals surface area (Å²) in [6.07, 6.45) is 0.816. The van der Waals surface area contributed by atoms with Crippen molar-refractivity contribution in [1.29, 1.82) is 5.41 Å². The van der Waals surface area contributed by atoms with Crippen LogP contribution in [0.1, 0.15) is 106 Å². The summed E-state index contributed by atoms with van der Waals surface area (Å²) in [7, 11) is 1.61. The minimum atomic E-state index is -1.45. The van der Waals surface area contributed by atoms with Crippen molar-refractivity contribution in [1.82, 2.24) is 21.3 Å². The molecule has 19 nitrogen and oxygen atoms in total. The van der Waals surface area contributed by atoms with Crippen molar-refractivity contribution in [3.05, 3.63) is 178 Å². The van der Waals surface area contributed by atoms with E-state index >= 15 is 0 Å². The molecule has 0 bridgehead atoms. The number of nitrogens with zero attached hydrogens (tertiary/aromatic N) is 1. The fourth-order valence-electron chi connectivity index (χ4n) is 7.59. The Labute approximate surface area is 502 Å². The second-order valence-corrected chi connectivity index (χ2v) is 21.3. The van der Waals surface area contributed by atoms with Crippen LogP contribution in [0.2, 0.25) is 0 Å². The summed E-state index contributed by atoms with van der Waals surface area (Å²) in [6.45, 7) is 8.88. The Kier molecular flexibility index (Phi) is 32.1. The second-order valence-electron chi connectivity index (χ2n) is 21.3. The zero-order chi connectivity index (χ0) is 62.2. The molecule has 460 valence electrons. The zero-order valence-electron chi connectivity index (χ0n) is 49.2. The average Bonchev–Trinajstić information content (AvgIpc) is 3.62. The molecular weight excluding hydrogens is 1120 g/mol. The number of esters is 2. The van der Waals surface area contributed by atoms with Gasteiger partial charge in [-0.15, -0.1) is 12.4 Å². The molecule has 5 aromatic rings. The fraction of sp³-hybridized carbons (Fsp3) is 0.381. The number of amides is 4. The Morgan fingerprint density at radius 2 is 1.01 bits per heavy atom. The standard InChI is InChI=1S/C35H41FN4O6.C16H22O4.C12H17FN4O.ClH/c1-35(2,3)46-30(41)20-28(19-14-24-10-6-4-7-11-24)32(42)39-29(21-36)33(43)38-22-25-15-17-27(18-16-25)31(37)40-34(44)45-23-26-12-8-5-9-13-26;1-16(2,3)20-14(17)11-13(15(18)19)10-9-12-7-5-4-6-8-12;1-16-11(15)9-4-2-8(3-5-9)7-17-12(18)10(14)6-13;/h4-13,15-18,28-29H,14,19-23H2,1-3H3,(H,38,43)(H,39,42)(H2,37,40,44);4-8,13H,9-11H2,1-3H3,(H,18,19);2-5,10H,6-7,14H2,1H3,(H2,15,16)(H,17,18);1H/t28-,29?;13-;;/m00../s1. The van der Waals surface area contributed by atoms with Gasteiger partial charge < -0.3 is 46.7 Å². The molecule has 0 heterocycles. The summed E-state index contributed by atoms with van der Waals surface area (Å²) < 4.78 is 41.8. The third-order valence-electron chi connectivity index (χ3n) is 12.0. The van der Waals surface area contributed by atoms with E-state index in [9.17, 15) is 47.4 Å². The summed E-state index contributed by atoms with van der Waals surface area (Å²) in [6, 6.07) is 39.4. The number of carbonyl (C=O) groups excluding carboxylic acids is 6. The summed E-state index contributed by atoms with van der Waals surface area (Å²) in [4.78, 5) is 88.6. The number of halogens is 3. The molecule has 0 aliphatic rings. The highest BCUT2D eigenvalue weighted by atomic mass is 35.5. The number of nitrogens with one attached hydrogen (secondary N) is 5. The Morgan fingerprint density at radius 1 is 0.588 bits per heavy atom. The van der Waals surface area contributed by atoms with E-state index in [1.807, 2.05) is 103 Å². The fourth-order valence-corrected chi connectivity index (χ4v) is 7.59. The Balaban J connectivity index is 0.000000518. The molecule has 2 unspecified atom stereocenters. The molecule has 4 atom stereocenters. The monoisotopic (exact) mass is 1200 g/mol. The van der Waals surface area contributed by atoms with Gasteiger partial charge in [0.15, 0.2) is 0 Å². The molecule has 0 aliphatic carbocycles. The quantitative estimate of drug-likeness (QED) is 0.0118. The number of ether oxygens (including phenoxy) is 3. The van der Waals surface area contributed by atoms with Gasteiger partial charge >= 0.3 is 24.0 Å². The van der Waals surface area contributed by atoms with Crippen LogP contribution >= 0.6 is 12.4 Å². The van der Waals surface area contributed by atoms with E-state index in [1.54, 1.807) is 85.0 Å². The van der Waals surface area contributed by atoms with Crippen molar-refractivity contribution in [2.75, 3.05) is 20.4 Å². The predicted octanol–water partition coefficient (Wildman–Crippen LogP) is 8.40. The van der Waals surface area contributed by atoms with Crippen LogP contribution in [0.15, 0.2) is 145 Å². The highest BCUT2D eigenvalue weighted by Gasteiger charge is 2.30. The van der Waals surface area contributed by atoms with E-state index in [0.29, 0.717) is 49.2 Å². The summed E-state index contributed by atoms with van der Waals surface area (Å²) in [5.41, 5.74) is 15.2. The Morgan fingerprint density at radius 3 is 1.44 bits per heavy atom. The van der Waals surface area contributed by atoms with Crippen LogP contribution < -0.4 is 32.7 Å². The number of carboxylic acids is 1. The maximum atomic E-state index is 14.0. The number of amidine groups is 2. The maximum Gasteiger partial charge on any atom is 0.413 e. The number of aryl methyl sites for hydroxylation is 2. The van der Waals surface area contributed by atoms with Crippen LogP contribution in [0.25, 0.3) is 0 Å². The minimum Gasteiger partial charge on any atom is -0.481 e. The molecular formula is C63H81ClF2N8O11. The van der Waals surface area contributed by atoms with Gasteiger partial charge in [0.05, 0.1) is 18.8 Å². The van der Waals surface area contributed by atoms with Gasteiger partial charge in [-0.3, -0.25) is 44.5 Å². The number of nitrogens with two attached hydrogens (primary N) is 2. The molecule has 0 aromatic heterocycles. The van der Waals surface area contributed by atoms with Crippen LogP contribution in [0.4, 0.5) is 13.6 Å². The number of carboxylic acid groups (broad SMARTS) is 1. The Bertz CT molecular complexity index is 2910. The number of rotatable bonds is 25. The summed E-state index contributed by atoms with van der Waals surface area (Å²) >= 11 is 0. The van der Waals surface area contributed by atoms with Crippen LogP contribution in [0.3, 0.4) is 0 Å². The van der Waals surface area contributed by atoms with Crippen molar-refractivity contribution < 1.29 is 61.7 Å². The molecule has 5 rings (SSSR count). The van der Waals surface area contributed by atoms with E-state index in [1.165, 1.54) is 0 Å². The lowest BCUT2D eigenvalue weighted by atomic mass is 9.95. The number of benzene rings is 5. The van der Waals surface area contributed by atoms with Gasteiger partial charge in [-0.2, -0.15) is 0 Å². The van der Waals surface area contributed by atoms with Gasteiger partial charge in [-0.1, -0.05) is 140 Å². The smallest absolute Gasteiger partial charge is 0.413 e. The molecule has 0 radical (unpaired) electrons. The number of hydrogen-bond acceptors (Lipinski definition) is 13. The zero-order valence-corrected chi connectivity index (χ0v) is 50.0. The third kappa shape index (κ3) is 30.0. The van der Waals surface area contributed by atoms with E-state index in [4.69, 9.17) is 31.1 Å². The first-order valence-corrected chi connectivity index (χ1v) is 27.2. The van der Waals surface area contributed by atoms with E-state index < -0.39 is 90.2 Å². The van der Waals surface area contributed by atoms with Crippen molar-refractivity contribution in [2.45, 2.75) is 123 Å². The van der Waals surface area contributed by atoms with Crippen LogP contribution in [0, 0.1) is 17.2 Å². The molecule has 0 spiro atoms. The largest absolute Gasteiger partial charge is 0.481 e. The van der Waals surface area contributed by atoms with Crippen molar-refractivity contribution >= 4 is 65.8 Å². The first kappa shape index (κ1) is 72.5. The number of carbonyl (C=O) groups is 7. The minimum absolute atomic E-state index is 0. The summed E-state index contributed by atoms with van der Waals surface area (Å²) in [5, 5.41) is 27.3. The van der Waals surface area contributed by atoms with E-state index in [2.05, 4.69) is 26.3 Å². The van der Waals surface area contributed by atoms with Gasteiger partial charge in [-0.25, -0.2) is 13.6 Å². The van der Waals surface area contributed by atoms with Crippen molar-refractivity contribution in [2.24, 2.45) is 28.3 Å². The molecule has 85 heavy (non-hydrogen) atoms. The maximum absolute atomic E-state index is 14.0. The molecule has 4 amide bonds. The number of aliphatic imine (C=N–C) groups is 1. The molecule has 5 aromatic carbocycles. The average molecular weight is 1200 g/mol. The van der Waals surface area contributed by atoms with E-state index in [-0.39, 0.29) is 44.2 Å². The lowest BCUT2D eigenvalue weighted by Gasteiger charge is -2.23. The van der Waals surface area contributed by atoms with Gasteiger partial charge in [0.1, 0.15) is 54.9 Å². The number of alkyl carbamates (subject to hydrolysis) is 1. The van der Waals surface area contributed by atoms with E-state index in [0.717, 1.165) is 27.8 Å². The first-order valence-electron chi connectivity index (χ1n) is 27.2. The molecule has 10 N–H and O–H groups in total. The van der Waals surface area contributed by atoms with Gasteiger partial charge in [-0.05, 0) is 95.0 Å². The molecule has 0 saturated heterocycles. The Hall–Kier alpha value is -8.56. The van der Waals surface area contributed by atoms with Crippen LogP contribution in [-0.4, -0.2) is 102 Å². The summed E-state index contributed by atoms with van der Waals surface area (Å²) in [5.74, 6) is -5.06. The molecule has 0 fully saturated rings. The van der Waals surface area contributed by atoms with Crippen LogP contribution in [0.5, 0.6) is 0 Å². The van der Waals surface area contributed by atoms with Crippen LogP contribution in [-0.2, 0) is 75.5 Å². The molecule has 22 heteroatoms. The van der Waals surface area contributed by atoms with Crippen molar-refractivity contribution in [3.63, 3.8) is 0 Å². The number of hydrogen-bond donors (Lipinski definition) is 8. The van der Waals surface area contributed by atoms with Crippen molar-refractivity contribution in [3.8, 4) is 0 Å². The van der Waals surface area contributed by atoms with Gasteiger partial charge in [0, 0.05) is 37.2 Å². The molecule has 0 aliphatic heterocycles. The highest BCUT2D eigenvalue weighted by Crippen LogP contribution is 2.20. The van der Waals surface area contributed by atoms with Gasteiger partial charge in [0.25, 0.3) is 0 Å². The topological polar surface area (TPSA) is 304 Å². The predicted molar refractivity (Wildman–Crippen MR) is 324 cm³/mol. The first-order chi connectivity index (χ1) is 39.8. The second kappa shape index (κ2) is 37.6. The number of aliphatic carboxylic acids is 1. The highest BCUT2D eigenvalue weighted by molar-refractivity contribution is 6.04. The lowest BCUT2D eigenvalue weighted by Crippen LogP contribution is -2.50. The normalized spacial score (nSPS) is 12.4. The molecule has 0 saturated carbocycles. The van der Waals surface area contributed by atoms with Gasteiger partial charge in [0.2, 0.25) is 17.7 Å². The number of alkyl halides is 2. The third-order valence-corrected chi connectivity index (χ3v) is 12.0.